The summed E-state index contributed by atoms with van der Waals surface area (Å²) in [4.78, 5) is 11.0. The van der Waals surface area contributed by atoms with Crippen LogP contribution in [0.4, 0.5) is 5.95 Å². The van der Waals surface area contributed by atoms with Crippen LogP contribution in [-0.4, -0.2) is 33.8 Å². The molecule has 98 valence electrons. The quantitative estimate of drug-likeness (QED) is 0.823. The number of fused-ring (bicyclic) bond motifs is 1. The van der Waals surface area contributed by atoms with Crippen molar-refractivity contribution in [1.82, 2.24) is 9.97 Å². The van der Waals surface area contributed by atoms with Gasteiger partial charge in [0.15, 0.2) is 0 Å². The Labute approximate surface area is 108 Å². The average molecular weight is 247 g/mol. The van der Waals surface area contributed by atoms with Gasteiger partial charge in [0.1, 0.15) is 0 Å². The van der Waals surface area contributed by atoms with Crippen LogP contribution in [0.25, 0.3) is 0 Å². The van der Waals surface area contributed by atoms with E-state index >= 15 is 0 Å². The number of aryl methyl sites for hydroxylation is 1. The topological polar surface area (TPSA) is 49.2 Å². The van der Waals surface area contributed by atoms with E-state index in [2.05, 4.69) is 14.9 Å². The lowest BCUT2D eigenvalue weighted by Crippen LogP contribution is -2.53. The number of rotatable bonds is 1. The lowest BCUT2D eigenvalue weighted by Gasteiger charge is -2.47. The maximum Gasteiger partial charge on any atom is 0.225 e. The zero-order valence-corrected chi connectivity index (χ0v) is 11.0. The molecule has 0 radical (unpaired) electrons. The standard InChI is InChI=1S/C14H21N3O/c1-11-8-15-13(16-9-11)17-7-6-14(18)5-3-2-4-12(14)10-17/h8-9,12,18H,2-7,10H2,1H3. The van der Waals surface area contributed by atoms with Gasteiger partial charge in [-0.05, 0) is 31.7 Å². The van der Waals surface area contributed by atoms with Crippen LogP contribution in [0, 0.1) is 12.8 Å². The zero-order chi connectivity index (χ0) is 12.6. The molecule has 0 bridgehead atoms. The Balaban J connectivity index is 1.75. The van der Waals surface area contributed by atoms with Crippen molar-refractivity contribution >= 4 is 5.95 Å². The first-order valence-electron chi connectivity index (χ1n) is 6.93. The highest BCUT2D eigenvalue weighted by molar-refractivity contribution is 5.31. The number of hydrogen-bond donors (Lipinski definition) is 1. The fourth-order valence-electron chi connectivity index (χ4n) is 3.30. The molecular formula is C14H21N3O. The third-order valence-electron chi connectivity index (χ3n) is 4.48. The normalized spacial score (nSPS) is 32.1. The fraction of sp³-hybridized carbons (Fsp3) is 0.714. The second-order valence-electron chi connectivity index (χ2n) is 5.80. The summed E-state index contributed by atoms with van der Waals surface area (Å²) in [7, 11) is 0. The summed E-state index contributed by atoms with van der Waals surface area (Å²) in [5, 5.41) is 10.6. The van der Waals surface area contributed by atoms with Gasteiger partial charge in [-0.25, -0.2) is 9.97 Å². The van der Waals surface area contributed by atoms with Crippen LogP contribution in [0.2, 0.25) is 0 Å². The predicted molar refractivity (Wildman–Crippen MR) is 70.5 cm³/mol. The van der Waals surface area contributed by atoms with Gasteiger partial charge in [-0.3, -0.25) is 0 Å². The largest absolute Gasteiger partial charge is 0.389 e. The molecule has 0 spiro atoms. The number of anilines is 1. The molecule has 1 aromatic rings. The number of nitrogens with zero attached hydrogens (tertiary/aromatic N) is 3. The molecule has 2 unspecified atom stereocenters. The highest BCUT2D eigenvalue weighted by Crippen LogP contribution is 2.40. The van der Waals surface area contributed by atoms with Gasteiger partial charge >= 0.3 is 0 Å². The van der Waals surface area contributed by atoms with Crippen molar-refractivity contribution in [2.45, 2.75) is 44.6 Å². The second kappa shape index (κ2) is 4.50. The molecular weight excluding hydrogens is 226 g/mol. The SMILES string of the molecule is Cc1cnc(N2CCC3(O)CCCCC3C2)nc1. The molecule has 18 heavy (non-hydrogen) atoms. The van der Waals surface area contributed by atoms with Crippen LogP contribution in [-0.2, 0) is 0 Å². The Morgan fingerprint density at radius 2 is 2.06 bits per heavy atom. The van der Waals surface area contributed by atoms with Gasteiger partial charge in [0.2, 0.25) is 5.95 Å². The smallest absolute Gasteiger partial charge is 0.225 e. The van der Waals surface area contributed by atoms with Crippen LogP contribution in [0.1, 0.15) is 37.7 Å². The van der Waals surface area contributed by atoms with E-state index < -0.39 is 5.60 Å². The van der Waals surface area contributed by atoms with Crippen molar-refractivity contribution in [2.75, 3.05) is 18.0 Å². The van der Waals surface area contributed by atoms with Gasteiger partial charge in [0, 0.05) is 31.4 Å². The van der Waals surface area contributed by atoms with Crippen molar-refractivity contribution in [3.8, 4) is 0 Å². The Morgan fingerprint density at radius 1 is 1.28 bits per heavy atom. The molecule has 2 fully saturated rings. The molecule has 1 N–H and O–H groups in total. The molecule has 2 aliphatic rings. The monoisotopic (exact) mass is 247 g/mol. The van der Waals surface area contributed by atoms with Crippen molar-refractivity contribution in [1.29, 1.82) is 0 Å². The Kier molecular flexibility index (Phi) is 2.98. The van der Waals surface area contributed by atoms with E-state index in [9.17, 15) is 5.11 Å². The molecule has 0 aromatic carbocycles. The van der Waals surface area contributed by atoms with E-state index in [1.807, 2.05) is 19.3 Å². The predicted octanol–water partition coefficient (Wildman–Crippen LogP) is 1.92. The van der Waals surface area contributed by atoms with E-state index in [4.69, 9.17) is 0 Å². The number of aliphatic hydroxyl groups is 1. The van der Waals surface area contributed by atoms with E-state index in [1.165, 1.54) is 12.8 Å². The summed E-state index contributed by atoms with van der Waals surface area (Å²) in [5.41, 5.74) is 0.671. The maximum atomic E-state index is 10.6. The molecule has 4 nitrogen and oxygen atoms in total. The van der Waals surface area contributed by atoms with E-state index in [0.717, 1.165) is 43.9 Å². The number of hydrogen-bond acceptors (Lipinski definition) is 4. The summed E-state index contributed by atoms with van der Waals surface area (Å²) in [5.74, 6) is 1.21. The summed E-state index contributed by atoms with van der Waals surface area (Å²) >= 11 is 0. The lowest BCUT2D eigenvalue weighted by atomic mass is 9.71. The van der Waals surface area contributed by atoms with Crippen molar-refractivity contribution in [2.24, 2.45) is 5.92 Å². The van der Waals surface area contributed by atoms with Crippen molar-refractivity contribution in [3.63, 3.8) is 0 Å². The maximum absolute atomic E-state index is 10.6. The van der Waals surface area contributed by atoms with Crippen molar-refractivity contribution in [3.05, 3.63) is 18.0 Å². The Hall–Kier alpha value is -1.16. The van der Waals surface area contributed by atoms with Crippen LogP contribution in [0.5, 0.6) is 0 Å². The van der Waals surface area contributed by atoms with E-state index in [0.29, 0.717) is 5.92 Å². The Bertz CT molecular complexity index is 420. The van der Waals surface area contributed by atoms with Crippen LogP contribution in [0.15, 0.2) is 12.4 Å². The molecule has 3 rings (SSSR count). The average Bonchev–Trinajstić information content (AvgIpc) is 2.39. The lowest BCUT2D eigenvalue weighted by molar-refractivity contribution is -0.0614. The second-order valence-corrected chi connectivity index (χ2v) is 5.80. The minimum atomic E-state index is -0.417. The first-order valence-corrected chi connectivity index (χ1v) is 6.93. The molecule has 1 saturated carbocycles. The van der Waals surface area contributed by atoms with E-state index in [1.54, 1.807) is 0 Å². The first-order chi connectivity index (χ1) is 8.67. The van der Waals surface area contributed by atoms with Crippen LogP contribution >= 0.6 is 0 Å². The molecule has 1 aliphatic carbocycles. The van der Waals surface area contributed by atoms with Crippen molar-refractivity contribution < 1.29 is 5.11 Å². The Morgan fingerprint density at radius 3 is 2.83 bits per heavy atom. The molecule has 2 heterocycles. The van der Waals surface area contributed by atoms with Gasteiger partial charge in [-0.2, -0.15) is 0 Å². The van der Waals surface area contributed by atoms with Crippen LogP contribution < -0.4 is 4.90 Å². The van der Waals surface area contributed by atoms with Gasteiger partial charge in [0.05, 0.1) is 5.60 Å². The summed E-state index contributed by atoms with van der Waals surface area (Å²) in [6.45, 7) is 3.77. The third kappa shape index (κ3) is 2.09. The number of aromatic nitrogens is 2. The van der Waals surface area contributed by atoms with Gasteiger partial charge < -0.3 is 10.0 Å². The molecule has 2 atom stereocenters. The number of piperidine rings is 1. The summed E-state index contributed by atoms with van der Waals surface area (Å²) in [6, 6.07) is 0. The molecule has 4 heteroatoms. The molecule has 1 aliphatic heterocycles. The fourth-order valence-corrected chi connectivity index (χ4v) is 3.30. The highest BCUT2D eigenvalue weighted by atomic mass is 16.3. The minimum absolute atomic E-state index is 0.393. The zero-order valence-electron chi connectivity index (χ0n) is 11.0. The van der Waals surface area contributed by atoms with Gasteiger partial charge in [-0.15, -0.1) is 0 Å². The molecule has 0 amide bonds. The highest BCUT2D eigenvalue weighted by Gasteiger charge is 2.43. The summed E-state index contributed by atoms with van der Waals surface area (Å²) in [6.07, 6.45) is 9.12. The molecule has 1 saturated heterocycles. The third-order valence-corrected chi connectivity index (χ3v) is 4.48. The minimum Gasteiger partial charge on any atom is -0.389 e. The first kappa shape index (κ1) is 11.9. The summed E-state index contributed by atoms with van der Waals surface area (Å²) < 4.78 is 0. The van der Waals surface area contributed by atoms with Gasteiger partial charge in [0.25, 0.3) is 0 Å². The van der Waals surface area contributed by atoms with Gasteiger partial charge in [-0.1, -0.05) is 12.8 Å². The molecule has 1 aromatic heterocycles. The van der Waals surface area contributed by atoms with E-state index in [-0.39, 0.29) is 0 Å². The van der Waals surface area contributed by atoms with Crippen LogP contribution in [0.3, 0.4) is 0 Å².